The highest BCUT2D eigenvalue weighted by Gasteiger charge is 2.17. The quantitative estimate of drug-likeness (QED) is 0.306. The summed E-state index contributed by atoms with van der Waals surface area (Å²) in [5.41, 5.74) is 6.94. The van der Waals surface area contributed by atoms with E-state index in [1.807, 2.05) is 62.4 Å². The Labute approximate surface area is 198 Å². The van der Waals surface area contributed by atoms with Crippen LogP contribution in [-0.2, 0) is 4.79 Å². The van der Waals surface area contributed by atoms with E-state index in [1.165, 1.54) is 16.9 Å². The molecule has 3 aromatic carbocycles. The van der Waals surface area contributed by atoms with Crippen LogP contribution in [0.4, 0.5) is 5.13 Å². The van der Waals surface area contributed by atoms with Crippen molar-refractivity contribution in [2.24, 2.45) is 0 Å². The Balaban J connectivity index is 1.50. The first-order valence-corrected chi connectivity index (χ1v) is 11.8. The molecular weight excluding hydrogens is 428 g/mol. The van der Waals surface area contributed by atoms with Crippen molar-refractivity contribution in [3.8, 4) is 21.7 Å². The monoisotopic (exact) mass is 454 g/mol. The summed E-state index contributed by atoms with van der Waals surface area (Å²) in [6.07, 6.45) is 0.280. The Morgan fingerprint density at radius 1 is 0.818 bits per heavy atom. The number of nitrogens with zero attached hydrogens (tertiary/aromatic N) is 1. The van der Waals surface area contributed by atoms with Crippen LogP contribution >= 0.6 is 11.3 Å². The molecule has 4 rings (SSSR count). The molecule has 0 atom stereocenters. The molecule has 33 heavy (non-hydrogen) atoms. The predicted molar refractivity (Wildman–Crippen MR) is 136 cm³/mol. The van der Waals surface area contributed by atoms with Crippen molar-refractivity contribution in [3.63, 3.8) is 0 Å². The molecule has 1 amide bonds. The lowest BCUT2D eigenvalue weighted by Crippen LogP contribution is -2.13. The number of benzene rings is 3. The van der Waals surface area contributed by atoms with Gasteiger partial charge in [0.1, 0.15) is 0 Å². The van der Waals surface area contributed by atoms with E-state index in [4.69, 9.17) is 4.98 Å². The van der Waals surface area contributed by atoms with Crippen LogP contribution in [0, 0.1) is 20.8 Å². The molecule has 1 aromatic heterocycles. The Morgan fingerprint density at radius 3 is 2.24 bits per heavy atom. The molecule has 5 heteroatoms. The van der Waals surface area contributed by atoms with E-state index < -0.39 is 0 Å². The molecule has 0 bridgehead atoms. The first-order valence-electron chi connectivity index (χ1n) is 10.9. The van der Waals surface area contributed by atoms with Crippen LogP contribution < -0.4 is 5.32 Å². The van der Waals surface area contributed by atoms with Crippen molar-refractivity contribution in [3.05, 3.63) is 95.1 Å². The average molecular weight is 455 g/mol. The van der Waals surface area contributed by atoms with E-state index in [2.05, 4.69) is 36.5 Å². The van der Waals surface area contributed by atoms with Gasteiger partial charge in [0.2, 0.25) is 5.91 Å². The molecule has 0 aliphatic rings. The molecule has 166 valence electrons. The number of anilines is 1. The zero-order valence-electron chi connectivity index (χ0n) is 19.0. The van der Waals surface area contributed by atoms with Crippen LogP contribution in [0.3, 0.4) is 0 Å². The lowest BCUT2D eigenvalue weighted by molar-refractivity contribution is -0.116. The summed E-state index contributed by atoms with van der Waals surface area (Å²) in [5, 5.41) is 3.43. The van der Waals surface area contributed by atoms with Crippen LogP contribution in [0.5, 0.6) is 0 Å². The minimum Gasteiger partial charge on any atom is -0.302 e. The van der Waals surface area contributed by atoms with Crippen molar-refractivity contribution < 1.29 is 9.59 Å². The zero-order chi connectivity index (χ0) is 23.4. The Kier molecular flexibility index (Phi) is 6.80. The normalized spacial score (nSPS) is 10.8. The third-order valence-corrected chi connectivity index (χ3v) is 6.66. The van der Waals surface area contributed by atoms with Gasteiger partial charge in [0.25, 0.3) is 0 Å². The molecule has 0 spiro atoms. The highest BCUT2D eigenvalue weighted by Crippen LogP contribution is 2.39. The number of rotatable bonds is 7. The summed E-state index contributed by atoms with van der Waals surface area (Å²) in [7, 11) is 0. The maximum Gasteiger partial charge on any atom is 0.226 e. The molecule has 4 nitrogen and oxygen atoms in total. The number of Topliss-reactive ketones (excluding diaryl/α,β-unsaturated/α-hetero) is 1. The van der Waals surface area contributed by atoms with Gasteiger partial charge in [0, 0.05) is 24.0 Å². The fraction of sp³-hybridized carbons (Fsp3) is 0.179. The van der Waals surface area contributed by atoms with Crippen molar-refractivity contribution in [2.45, 2.75) is 33.6 Å². The third-order valence-electron chi connectivity index (χ3n) is 5.64. The summed E-state index contributed by atoms with van der Waals surface area (Å²) in [6.45, 7) is 6.05. The molecule has 1 heterocycles. The maximum absolute atomic E-state index is 12.6. The van der Waals surface area contributed by atoms with E-state index in [0.717, 1.165) is 32.8 Å². The molecule has 0 saturated carbocycles. The number of hydrogen-bond donors (Lipinski definition) is 1. The molecule has 0 aliphatic carbocycles. The summed E-state index contributed by atoms with van der Waals surface area (Å²) in [6, 6.07) is 23.9. The van der Waals surface area contributed by atoms with Gasteiger partial charge in [-0.25, -0.2) is 4.98 Å². The second-order valence-electron chi connectivity index (χ2n) is 8.20. The zero-order valence-corrected chi connectivity index (χ0v) is 19.8. The number of nitrogens with one attached hydrogen (secondary N) is 1. The maximum atomic E-state index is 12.6. The van der Waals surface area contributed by atoms with Gasteiger partial charge in [-0.2, -0.15) is 0 Å². The number of hydrogen-bond acceptors (Lipinski definition) is 4. The van der Waals surface area contributed by atoms with Crippen LogP contribution in [0.1, 0.15) is 39.9 Å². The number of aromatic nitrogens is 1. The smallest absolute Gasteiger partial charge is 0.226 e. The van der Waals surface area contributed by atoms with Crippen LogP contribution in [-0.4, -0.2) is 16.7 Å². The van der Waals surface area contributed by atoms with Gasteiger partial charge in [-0.1, -0.05) is 83.6 Å². The van der Waals surface area contributed by atoms with Gasteiger partial charge in [-0.3, -0.25) is 9.59 Å². The SMILES string of the molecule is Cc1ccc(-c2sc(NC(=O)CCC(=O)c3ccc(C)c(C)c3)nc2-c2ccccc2)cc1. The van der Waals surface area contributed by atoms with E-state index in [-0.39, 0.29) is 24.5 Å². The molecule has 0 radical (unpaired) electrons. The lowest BCUT2D eigenvalue weighted by atomic mass is 10.0. The standard InChI is InChI=1S/C28H26N2O2S/c1-18-9-12-22(13-10-18)27-26(21-7-5-4-6-8-21)30-28(33-27)29-25(32)16-15-24(31)23-14-11-19(2)20(3)17-23/h4-14,17H,15-16H2,1-3H3,(H,29,30,32). The van der Waals surface area contributed by atoms with Gasteiger partial charge < -0.3 is 5.32 Å². The average Bonchev–Trinajstić information content (AvgIpc) is 3.24. The molecule has 0 unspecified atom stereocenters. The fourth-order valence-electron chi connectivity index (χ4n) is 3.53. The van der Waals surface area contributed by atoms with Gasteiger partial charge in [0.05, 0.1) is 10.6 Å². The minimum absolute atomic E-state index is 0.0299. The third kappa shape index (κ3) is 5.44. The van der Waals surface area contributed by atoms with Crippen molar-refractivity contribution in [1.82, 2.24) is 4.98 Å². The van der Waals surface area contributed by atoms with Crippen LogP contribution in [0.25, 0.3) is 21.7 Å². The largest absolute Gasteiger partial charge is 0.302 e. The lowest BCUT2D eigenvalue weighted by Gasteiger charge is -2.05. The van der Waals surface area contributed by atoms with Gasteiger partial charge >= 0.3 is 0 Å². The second kappa shape index (κ2) is 9.92. The molecule has 1 N–H and O–H groups in total. The first kappa shape index (κ1) is 22.6. The van der Waals surface area contributed by atoms with Crippen molar-refractivity contribution >= 4 is 28.2 Å². The topological polar surface area (TPSA) is 59.1 Å². The highest BCUT2D eigenvalue weighted by atomic mass is 32.1. The van der Waals surface area contributed by atoms with Gasteiger partial charge in [-0.05, 0) is 43.5 Å². The Morgan fingerprint density at radius 2 is 1.55 bits per heavy atom. The predicted octanol–water partition coefficient (Wildman–Crippen LogP) is 7.00. The Hall–Kier alpha value is -3.57. The van der Waals surface area contributed by atoms with Crippen LogP contribution in [0.2, 0.25) is 0 Å². The summed E-state index contributed by atoms with van der Waals surface area (Å²) in [4.78, 5) is 30.9. The molecular formula is C28H26N2O2S. The first-order chi connectivity index (χ1) is 15.9. The second-order valence-corrected chi connectivity index (χ2v) is 9.20. The Bertz CT molecular complexity index is 1290. The summed E-state index contributed by atoms with van der Waals surface area (Å²) < 4.78 is 0. The molecule has 0 aliphatic heterocycles. The summed E-state index contributed by atoms with van der Waals surface area (Å²) in [5.74, 6) is -0.242. The number of carbonyl (C=O) groups excluding carboxylic acids is 2. The number of thiazole rings is 1. The van der Waals surface area contributed by atoms with E-state index in [9.17, 15) is 9.59 Å². The van der Waals surface area contributed by atoms with Crippen molar-refractivity contribution in [1.29, 1.82) is 0 Å². The number of ketones is 1. The molecule has 0 fully saturated rings. The van der Waals surface area contributed by atoms with E-state index in [0.29, 0.717) is 10.7 Å². The van der Waals surface area contributed by atoms with Crippen LogP contribution in [0.15, 0.2) is 72.8 Å². The van der Waals surface area contributed by atoms with Gasteiger partial charge in [-0.15, -0.1) is 0 Å². The van der Waals surface area contributed by atoms with Crippen molar-refractivity contribution in [2.75, 3.05) is 5.32 Å². The minimum atomic E-state index is -0.212. The molecule has 0 saturated heterocycles. The number of carbonyl (C=O) groups is 2. The summed E-state index contributed by atoms with van der Waals surface area (Å²) >= 11 is 1.45. The fourth-order valence-corrected chi connectivity index (χ4v) is 4.54. The number of amides is 1. The van der Waals surface area contributed by atoms with Gasteiger partial charge in [0.15, 0.2) is 10.9 Å². The highest BCUT2D eigenvalue weighted by molar-refractivity contribution is 7.19. The number of aryl methyl sites for hydroxylation is 3. The molecule has 4 aromatic rings. The van der Waals surface area contributed by atoms with E-state index >= 15 is 0 Å². The van der Waals surface area contributed by atoms with E-state index in [1.54, 1.807) is 0 Å².